The number of halogens is 1. The molecule has 4 atom stereocenters. The van der Waals surface area contributed by atoms with Crippen molar-refractivity contribution in [1.82, 2.24) is 14.3 Å². The number of hydrogen-bond donors (Lipinski definition) is 3. The van der Waals surface area contributed by atoms with Gasteiger partial charge in [-0.05, 0) is 55.9 Å². The summed E-state index contributed by atoms with van der Waals surface area (Å²) in [6.07, 6.45) is 5.98. The van der Waals surface area contributed by atoms with E-state index in [1.807, 2.05) is 37.3 Å². The fraction of sp³-hybridized carbons (Fsp3) is 0.480. The molecule has 37 heavy (non-hydrogen) atoms. The Morgan fingerprint density at radius 1 is 1.19 bits per heavy atom. The Morgan fingerprint density at radius 3 is 2.59 bits per heavy atom. The highest BCUT2D eigenvalue weighted by molar-refractivity contribution is 7.89. The molecule has 2 heterocycles. The zero-order valence-corrected chi connectivity index (χ0v) is 21.7. The normalized spacial score (nSPS) is 25.4. The lowest BCUT2D eigenvalue weighted by molar-refractivity contribution is -0.122. The van der Waals surface area contributed by atoms with Crippen LogP contribution in [0.2, 0.25) is 0 Å². The molecule has 1 aromatic heterocycles. The minimum atomic E-state index is -3.18. The average molecular weight is 530 g/mol. The molecule has 1 saturated heterocycles. The number of aromatic nitrogens is 2. The smallest absolute Gasteiger partial charge is 0.229 e. The van der Waals surface area contributed by atoms with Crippen LogP contribution < -0.4 is 21.3 Å². The lowest BCUT2D eigenvalue weighted by Gasteiger charge is -2.36. The number of amides is 1. The van der Waals surface area contributed by atoms with Gasteiger partial charge in [0, 0.05) is 43.6 Å². The van der Waals surface area contributed by atoms with Crippen molar-refractivity contribution in [2.24, 2.45) is 23.5 Å². The molecule has 4 N–H and O–H groups in total. The Morgan fingerprint density at radius 2 is 1.92 bits per heavy atom. The van der Waals surface area contributed by atoms with Gasteiger partial charge in [0.25, 0.3) is 0 Å². The summed E-state index contributed by atoms with van der Waals surface area (Å²) < 4.78 is 40.4. The number of nitrogens with one attached hydrogen (secondary N) is 2. The molecule has 5 rings (SSSR count). The highest BCUT2D eigenvalue weighted by atomic mass is 32.2. The van der Waals surface area contributed by atoms with Crippen molar-refractivity contribution >= 4 is 39.1 Å². The monoisotopic (exact) mass is 529 g/mol. The van der Waals surface area contributed by atoms with Gasteiger partial charge in [-0.15, -0.1) is 0 Å². The van der Waals surface area contributed by atoms with Gasteiger partial charge in [0.15, 0.2) is 11.6 Å². The summed E-state index contributed by atoms with van der Waals surface area (Å²) in [5.41, 5.74) is 8.41. The lowest BCUT2D eigenvalue weighted by atomic mass is 9.88. The summed E-state index contributed by atoms with van der Waals surface area (Å²) in [6, 6.07) is 5.51. The SMILES string of the molecule is CCS(=O)(=O)N1CCN(c2ccc(Nc3ncc(F)c(NC4C5C=CC(C5)C4C(N)=O)n3)cc2C)CC1. The molecule has 2 fully saturated rings. The van der Waals surface area contributed by atoms with E-state index in [9.17, 15) is 17.6 Å². The van der Waals surface area contributed by atoms with Gasteiger partial charge in [-0.25, -0.2) is 17.8 Å². The van der Waals surface area contributed by atoms with Crippen LogP contribution >= 0.6 is 0 Å². The standard InChI is InChI=1S/C25H32FN7O3S/c1-3-37(35,36)33-10-8-32(9-11-33)20-7-6-18(12-15(20)2)29-25-28-14-19(26)24(31-25)30-22-17-5-4-16(13-17)21(22)23(27)34/h4-7,12,14,16-17,21-22H,3,8-11,13H2,1-2H3,(H2,27,34)(H2,28,29,30,31). The number of nitrogens with two attached hydrogens (primary N) is 1. The van der Waals surface area contributed by atoms with Crippen LogP contribution in [-0.4, -0.2) is 66.6 Å². The van der Waals surface area contributed by atoms with Crippen molar-refractivity contribution in [3.05, 3.63) is 47.9 Å². The summed E-state index contributed by atoms with van der Waals surface area (Å²) in [5.74, 6) is -0.857. The third kappa shape index (κ3) is 4.99. The number of carbonyl (C=O) groups is 1. The van der Waals surface area contributed by atoms with Crippen molar-refractivity contribution in [3.63, 3.8) is 0 Å². The van der Waals surface area contributed by atoms with Crippen molar-refractivity contribution in [3.8, 4) is 0 Å². The van der Waals surface area contributed by atoms with Crippen LogP contribution in [-0.2, 0) is 14.8 Å². The Bertz CT molecular complexity index is 1330. The summed E-state index contributed by atoms with van der Waals surface area (Å²) in [6.45, 7) is 5.81. The minimum Gasteiger partial charge on any atom is -0.369 e. The summed E-state index contributed by atoms with van der Waals surface area (Å²) in [5, 5.41) is 6.24. The molecule has 1 saturated carbocycles. The van der Waals surface area contributed by atoms with E-state index in [4.69, 9.17) is 5.73 Å². The Hall–Kier alpha value is -3.25. The van der Waals surface area contributed by atoms with Crippen LogP contribution in [0.1, 0.15) is 18.9 Å². The largest absolute Gasteiger partial charge is 0.369 e. The summed E-state index contributed by atoms with van der Waals surface area (Å²) in [7, 11) is -3.18. The molecule has 10 nitrogen and oxygen atoms in total. The van der Waals surface area contributed by atoms with Crippen molar-refractivity contribution in [1.29, 1.82) is 0 Å². The number of benzene rings is 1. The molecule has 1 aliphatic heterocycles. The molecule has 2 bridgehead atoms. The second-order valence-electron chi connectivity index (χ2n) is 9.85. The molecular formula is C25H32FN7O3S. The van der Waals surface area contributed by atoms with Gasteiger partial charge in [0.2, 0.25) is 21.9 Å². The number of carbonyl (C=O) groups excluding carboxylic acids is 1. The predicted molar refractivity (Wildman–Crippen MR) is 141 cm³/mol. The minimum absolute atomic E-state index is 0.0305. The third-order valence-electron chi connectivity index (χ3n) is 7.63. The van der Waals surface area contributed by atoms with E-state index in [1.54, 1.807) is 11.2 Å². The molecule has 1 aromatic carbocycles. The first-order valence-corrected chi connectivity index (χ1v) is 14.1. The zero-order chi connectivity index (χ0) is 26.3. The number of aryl methyl sites for hydroxylation is 1. The average Bonchev–Trinajstić information content (AvgIpc) is 3.48. The molecule has 198 valence electrons. The van der Waals surface area contributed by atoms with E-state index in [0.717, 1.165) is 29.6 Å². The first-order valence-electron chi connectivity index (χ1n) is 12.5. The third-order valence-corrected chi connectivity index (χ3v) is 9.51. The molecule has 2 aromatic rings. The molecule has 2 aliphatic carbocycles. The van der Waals surface area contributed by atoms with Gasteiger partial charge in [0.1, 0.15) is 0 Å². The first-order chi connectivity index (χ1) is 17.7. The van der Waals surface area contributed by atoms with Crippen LogP contribution in [0, 0.1) is 30.5 Å². The zero-order valence-electron chi connectivity index (χ0n) is 20.9. The van der Waals surface area contributed by atoms with E-state index in [1.165, 1.54) is 0 Å². The molecule has 0 radical (unpaired) electrons. The van der Waals surface area contributed by atoms with Crippen LogP contribution in [0.15, 0.2) is 36.5 Å². The first kappa shape index (κ1) is 25.4. The molecule has 0 spiro atoms. The van der Waals surface area contributed by atoms with Gasteiger partial charge in [-0.2, -0.15) is 9.29 Å². The maximum atomic E-state index is 14.6. The fourth-order valence-electron chi connectivity index (χ4n) is 5.70. The van der Waals surface area contributed by atoms with E-state index >= 15 is 0 Å². The highest BCUT2D eigenvalue weighted by Crippen LogP contribution is 2.45. The van der Waals surface area contributed by atoms with E-state index in [0.29, 0.717) is 26.2 Å². The van der Waals surface area contributed by atoms with Gasteiger partial charge in [-0.3, -0.25) is 4.79 Å². The molecule has 1 amide bonds. The van der Waals surface area contributed by atoms with Gasteiger partial charge in [0.05, 0.1) is 17.9 Å². The number of rotatable bonds is 8. The van der Waals surface area contributed by atoms with Gasteiger partial charge in [-0.1, -0.05) is 12.2 Å². The molecular weight excluding hydrogens is 497 g/mol. The fourth-order valence-corrected chi connectivity index (χ4v) is 6.78. The maximum Gasteiger partial charge on any atom is 0.229 e. The van der Waals surface area contributed by atoms with E-state index in [2.05, 4.69) is 25.5 Å². The van der Waals surface area contributed by atoms with Crippen LogP contribution in [0.25, 0.3) is 0 Å². The number of nitrogens with zero attached hydrogens (tertiary/aromatic N) is 4. The highest BCUT2D eigenvalue weighted by Gasteiger charge is 2.47. The summed E-state index contributed by atoms with van der Waals surface area (Å²) >= 11 is 0. The molecule has 12 heteroatoms. The van der Waals surface area contributed by atoms with Crippen molar-refractivity contribution in [2.75, 3.05) is 47.5 Å². The second-order valence-corrected chi connectivity index (χ2v) is 12.1. The number of primary amides is 1. The number of anilines is 4. The van der Waals surface area contributed by atoms with Crippen LogP contribution in [0.4, 0.5) is 27.5 Å². The quantitative estimate of drug-likeness (QED) is 0.444. The molecule has 3 aliphatic rings. The second kappa shape index (κ2) is 9.90. The Labute approximate surface area is 216 Å². The number of hydrogen-bond acceptors (Lipinski definition) is 8. The Balaban J connectivity index is 1.27. The number of sulfonamides is 1. The lowest BCUT2D eigenvalue weighted by Crippen LogP contribution is -2.49. The van der Waals surface area contributed by atoms with E-state index < -0.39 is 27.7 Å². The predicted octanol–water partition coefficient (Wildman–Crippen LogP) is 2.23. The Kier molecular flexibility index (Phi) is 6.80. The van der Waals surface area contributed by atoms with Crippen LogP contribution in [0.5, 0.6) is 0 Å². The number of piperazine rings is 1. The van der Waals surface area contributed by atoms with Crippen molar-refractivity contribution in [2.45, 2.75) is 26.3 Å². The van der Waals surface area contributed by atoms with Gasteiger partial charge >= 0.3 is 0 Å². The topological polar surface area (TPSA) is 134 Å². The van der Waals surface area contributed by atoms with Crippen LogP contribution in [0.3, 0.4) is 0 Å². The van der Waals surface area contributed by atoms with Gasteiger partial charge < -0.3 is 21.3 Å². The molecule has 4 unspecified atom stereocenters. The number of allylic oxidation sites excluding steroid dienone is 1. The number of fused-ring (bicyclic) bond motifs is 2. The van der Waals surface area contributed by atoms with Crippen molar-refractivity contribution < 1.29 is 17.6 Å². The summed E-state index contributed by atoms with van der Waals surface area (Å²) in [4.78, 5) is 22.6. The maximum absolute atomic E-state index is 14.6. The van der Waals surface area contributed by atoms with E-state index in [-0.39, 0.29) is 35.4 Å².